The molecule has 0 saturated carbocycles. The Hall–Kier alpha value is -1.29. The fourth-order valence-electron chi connectivity index (χ4n) is 2.01. The summed E-state index contributed by atoms with van der Waals surface area (Å²) in [5, 5.41) is 0. The fourth-order valence-corrected chi connectivity index (χ4v) is 2.19. The van der Waals surface area contributed by atoms with Crippen LogP contribution in [0.25, 0.3) is 0 Å². The minimum Gasteiger partial charge on any atom is -0.367 e. The van der Waals surface area contributed by atoms with Crippen LogP contribution in [0.1, 0.15) is 37.0 Å². The standard InChI is InChI=1S/C13H19ClN2O2/c1-3-10(4-2)16(8-6-14)13(18)11-9-15-7-5-12(11)17/h5,7,9-10H,3-4,6,8H2,1-2H3,(H,15,17). The first kappa shape index (κ1) is 14.8. The minimum atomic E-state index is -0.260. The number of nitrogens with one attached hydrogen (secondary N) is 1. The molecule has 0 aliphatic carbocycles. The van der Waals surface area contributed by atoms with Crippen molar-refractivity contribution in [2.45, 2.75) is 32.7 Å². The number of nitrogens with zero attached hydrogens (tertiary/aromatic N) is 1. The van der Waals surface area contributed by atoms with Gasteiger partial charge in [-0.25, -0.2) is 0 Å². The van der Waals surface area contributed by atoms with Gasteiger partial charge in [0.05, 0.1) is 0 Å². The predicted octanol–water partition coefficient (Wildman–Crippen LogP) is 2.24. The Morgan fingerprint density at radius 1 is 1.44 bits per heavy atom. The molecule has 1 aromatic heterocycles. The average Bonchev–Trinajstić information content (AvgIpc) is 2.39. The van der Waals surface area contributed by atoms with Crippen LogP contribution in [0.15, 0.2) is 23.3 Å². The molecule has 5 heteroatoms. The number of H-pyrrole nitrogens is 1. The molecule has 18 heavy (non-hydrogen) atoms. The molecule has 0 radical (unpaired) electrons. The highest BCUT2D eigenvalue weighted by Gasteiger charge is 2.23. The number of rotatable bonds is 6. The van der Waals surface area contributed by atoms with Gasteiger partial charge in [-0.15, -0.1) is 11.6 Å². The third kappa shape index (κ3) is 3.35. The van der Waals surface area contributed by atoms with Crippen molar-refractivity contribution in [2.75, 3.05) is 12.4 Å². The van der Waals surface area contributed by atoms with Gasteiger partial charge in [0.2, 0.25) is 0 Å². The van der Waals surface area contributed by atoms with E-state index in [4.69, 9.17) is 11.6 Å². The first-order chi connectivity index (χ1) is 8.65. The molecule has 1 N–H and O–H groups in total. The van der Waals surface area contributed by atoms with Gasteiger partial charge in [-0.3, -0.25) is 9.59 Å². The number of halogens is 1. The zero-order chi connectivity index (χ0) is 13.5. The zero-order valence-electron chi connectivity index (χ0n) is 10.8. The molecule has 1 rings (SSSR count). The van der Waals surface area contributed by atoms with Crippen LogP contribution in [-0.2, 0) is 0 Å². The third-order valence-corrected chi connectivity index (χ3v) is 3.19. The lowest BCUT2D eigenvalue weighted by atomic mass is 10.1. The van der Waals surface area contributed by atoms with Crippen molar-refractivity contribution in [2.24, 2.45) is 0 Å². The second kappa shape index (κ2) is 7.21. The summed E-state index contributed by atoms with van der Waals surface area (Å²) >= 11 is 5.75. The van der Waals surface area contributed by atoms with Gasteiger partial charge in [-0.1, -0.05) is 13.8 Å². The van der Waals surface area contributed by atoms with E-state index < -0.39 is 0 Å². The monoisotopic (exact) mass is 270 g/mol. The van der Waals surface area contributed by atoms with Crippen molar-refractivity contribution < 1.29 is 4.79 Å². The lowest BCUT2D eigenvalue weighted by Crippen LogP contribution is -2.42. The van der Waals surface area contributed by atoms with Gasteiger partial charge >= 0.3 is 0 Å². The molecule has 0 spiro atoms. The van der Waals surface area contributed by atoms with Gasteiger partial charge in [0, 0.05) is 36.9 Å². The maximum atomic E-state index is 12.4. The Kier molecular flexibility index (Phi) is 5.92. The van der Waals surface area contributed by atoms with Crippen molar-refractivity contribution in [3.63, 3.8) is 0 Å². The SMILES string of the molecule is CCC(CC)N(CCCl)C(=O)c1c[nH]ccc1=O. The Labute approximate surface area is 112 Å². The highest BCUT2D eigenvalue weighted by molar-refractivity contribution is 6.18. The van der Waals surface area contributed by atoms with Gasteiger partial charge in [-0.05, 0) is 12.8 Å². The van der Waals surface area contributed by atoms with Crippen LogP contribution in [-0.4, -0.2) is 34.3 Å². The second-order valence-electron chi connectivity index (χ2n) is 4.08. The first-order valence-electron chi connectivity index (χ1n) is 6.19. The maximum absolute atomic E-state index is 12.4. The summed E-state index contributed by atoms with van der Waals surface area (Å²) in [7, 11) is 0. The molecule has 100 valence electrons. The number of carbonyl (C=O) groups is 1. The van der Waals surface area contributed by atoms with Crippen LogP contribution in [0, 0.1) is 0 Å². The zero-order valence-corrected chi connectivity index (χ0v) is 11.5. The van der Waals surface area contributed by atoms with E-state index in [-0.39, 0.29) is 22.9 Å². The molecule has 1 aromatic rings. The predicted molar refractivity (Wildman–Crippen MR) is 73.2 cm³/mol. The first-order valence-corrected chi connectivity index (χ1v) is 6.73. The molecular formula is C13H19ClN2O2. The van der Waals surface area contributed by atoms with Crippen LogP contribution in [0.5, 0.6) is 0 Å². The van der Waals surface area contributed by atoms with E-state index >= 15 is 0 Å². The quantitative estimate of drug-likeness (QED) is 0.806. The highest BCUT2D eigenvalue weighted by Crippen LogP contribution is 2.11. The molecule has 1 heterocycles. The molecule has 0 aliphatic heterocycles. The summed E-state index contributed by atoms with van der Waals surface area (Å²) in [6.45, 7) is 4.51. The molecule has 0 fully saturated rings. The maximum Gasteiger partial charge on any atom is 0.259 e. The van der Waals surface area contributed by atoms with Crippen LogP contribution < -0.4 is 5.43 Å². The Balaban J connectivity index is 3.03. The molecule has 0 unspecified atom stereocenters. The molecule has 1 amide bonds. The lowest BCUT2D eigenvalue weighted by molar-refractivity contribution is 0.0680. The minimum absolute atomic E-state index is 0.121. The summed E-state index contributed by atoms with van der Waals surface area (Å²) in [6, 6.07) is 1.48. The van der Waals surface area contributed by atoms with Crippen molar-refractivity contribution >= 4 is 17.5 Å². The third-order valence-electron chi connectivity index (χ3n) is 3.02. The average molecular weight is 271 g/mol. The fraction of sp³-hybridized carbons (Fsp3) is 0.538. The number of hydrogen-bond donors (Lipinski definition) is 1. The van der Waals surface area contributed by atoms with E-state index in [1.807, 2.05) is 13.8 Å². The van der Waals surface area contributed by atoms with E-state index in [2.05, 4.69) is 4.98 Å². The van der Waals surface area contributed by atoms with E-state index in [0.717, 1.165) is 12.8 Å². The normalized spacial score (nSPS) is 10.7. The van der Waals surface area contributed by atoms with Gasteiger partial charge in [0.15, 0.2) is 5.43 Å². The van der Waals surface area contributed by atoms with Crippen molar-refractivity contribution in [1.29, 1.82) is 0 Å². The molecule has 0 aromatic carbocycles. The largest absolute Gasteiger partial charge is 0.367 e. The topological polar surface area (TPSA) is 53.2 Å². The van der Waals surface area contributed by atoms with Crippen molar-refractivity contribution in [3.05, 3.63) is 34.2 Å². The molecule has 0 aliphatic rings. The van der Waals surface area contributed by atoms with Gasteiger partial charge in [0.25, 0.3) is 5.91 Å². The Bertz CT molecular complexity index is 441. The van der Waals surface area contributed by atoms with Crippen molar-refractivity contribution in [1.82, 2.24) is 9.88 Å². The van der Waals surface area contributed by atoms with Crippen LogP contribution in [0.2, 0.25) is 0 Å². The molecular weight excluding hydrogens is 252 g/mol. The highest BCUT2D eigenvalue weighted by atomic mass is 35.5. The smallest absolute Gasteiger partial charge is 0.259 e. The number of hydrogen-bond acceptors (Lipinski definition) is 2. The molecule has 4 nitrogen and oxygen atoms in total. The number of aromatic nitrogens is 1. The van der Waals surface area contributed by atoms with E-state index in [1.54, 1.807) is 4.90 Å². The number of aromatic amines is 1. The number of pyridine rings is 1. The van der Waals surface area contributed by atoms with E-state index in [1.165, 1.54) is 18.5 Å². The summed E-state index contributed by atoms with van der Waals surface area (Å²) < 4.78 is 0. The van der Waals surface area contributed by atoms with Crippen LogP contribution >= 0.6 is 11.6 Å². The van der Waals surface area contributed by atoms with Crippen molar-refractivity contribution in [3.8, 4) is 0 Å². The Morgan fingerprint density at radius 2 is 2.11 bits per heavy atom. The molecule has 0 saturated heterocycles. The van der Waals surface area contributed by atoms with Gasteiger partial charge in [-0.2, -0.15) is 0 Å². The lowest BCUT2D eigenvalue weighted by Gasteiger charge is -2.29. The van der Waals surface area contributed by atoms with E-state index in [0.29, 0.717) is 12.4 Å². The molecule has 0 atom stereocenters. The van der Waals surface area contributed by atoms with Gasteiger partial charge in [0.1, 0.15) is 5.56 Å². The number of alkyl halides is 1. The summed E-state index contributed by atoms with van der Waals surface area (Å²) in [6.07, 6.45) is 4.67. The number of amides is 1. The number of carbonyl (C=O) groups excluding carboxylic acids is 1. The summed E-state index contributed by atoms with van der Waals surface area (Å²) in [4.78, 5) is 28.5. The summed E-state index contributed by atoms with van der Waals surface area (Å²) in [5.74, 6) is 0.124. The van der Waals surface area contributed by atoms with E-state index in [9.17, 15) is 9.59 Å². The Morgan fingerprint density at radius 3 is 2.61 bits per heavy atom. The second-order valence-corrected chi connectivity index (χ2v) is 4.46. The van der Waals surface area contributed by atoms with Crippen LogP contribution in [0.4, 0.5) is 0 Å². The van der Waals surface area contributed by atoms with Crippen LogP contribution in [0.3, 0.4) is 0 Å². The van der Waals surface area contributed by atoms with Gasteiger partial charge < -0.3 is 9.88 Å². The summed E-state index contributed by atoms with van der Waals surface area (Å²) in [5.41, 5.74) is -0.0844. The molecule has 0 bridgehead atoms.